The van der Waals surface area contributed by atoms with Gasteiger partial charge in [0.05, 0.1) is 12.7 Å². The molecule has 1 aromatic rings. The Morgan fingerprint density at radius 1 is 1.54 bits per heavy atom. The lowest BCUT2D eigenvalue weighted by molar-refractivity contribution is 0.0485. The summed E-state index contributed by atoms with van der Waals surface area (Å²) in [4.78, 5) is 0. The van der Waals surface area contributed by atoms with E-state index in [9.17, 15) is 0 Å². The summed E-state index contributed by atoms with van der Waals surface area (Å²) in [6, 6.07) is 6.28. The molecule has 0 spiro atoms. The topological polar surface area (TPSA) is 35.2 Å². The van der Waals surface area contributed by atoms with Crippen LogP contribution in [0, 0.1) is 0 Å². The summed E-state index contributed by atoms with van der Waals surface area (Å²) in [5.74, 6) is 0. The fraction of sp³-hybridized carbons (Fsp3) is 0.400. The van der Waals surface area contributed by atoms with Crippen molar-refractivity contribution in [3.8, 4) is 0 Å². The lowest BCUT2D eigenvalue weighted by atomic mass is 9.98. The molecular formula is C10H12BrNO. The summed E-state index contributed by atoms with van der Waals surface area (Å²) in [5.41, 5.74) is 8.22. The average Bonchev–Trinajstić information content (AvgIpc) is 2.16. The summed E-state index contributed by atoms with van der Waals surface area (Å²) in [6.45, 7) is 1.35. The number of rotatable bonds is 1. The standard InChI is InChI=1S/C10H12BrNO/c11-8-1-2-9-7(5-8)3-4-13-10(9)6-12/h1-2,5,10H,3-4,6,12H2. The molecular weight excluding hydrogens is 230 g/mol. The highest BCUT2D eigenvalue weighted by Gasteiger charge is 2.18. The predicted molar refractivity (Wildman–Crippen MR) is 55.6 cm³/mol. The van der Waals surface area contributed by atoms with Crippen molar-refractivity contribution in [3.63, 3.8) is 0 Å². The molecule has 0 saturated heterocycles. The molecule has 0 amide bonds. The Bertz CT molecular complexity index is 314. The first kappa shape index (κ1) is 9.19. The fourth-order valence-corrected chi connectivity index (χ4v) is 2.11. The average molecular weight is 242 g/mol. The summed E-state index contributed by atoms with van der Waals surface area (Å²) in [6.07, 6.45) is 1.09. The van der Waals surface area contributed by atoms with E-state index < -0.39 is 0 Å². The third-order valence-corrected chi connectivity index (χ3v) is 2.85. The van der Waals surface area contributed by atoms with Crippen molar-refractivity contribution in [1.29, 1.82) is 0 Å². The van der Waals surface area contributed by atoms with Gasteiger partial charge in [-0.1, -0.05) is 22.0 Å². The SMILES string of the molecule is NCC1OCCc2cc(Br)ccc21. The molecule has 3 heteroatoms. The number of nitrogens with two attached hydrogens (primary N) is 1. The zero-order chi connectivity index (χ0) is 9.26. The van der Waals surface area contributed by atoms with Crippen molar-refractivity contribution in [3.05, 3.63) is 33.8 Å². The van der Waals surface area contributed by atoms with Crippen LogP contribution in [-0.2, 0) is 11.2 Å². The van der Waals surface area contributed by atoms with Crippen LogP contribution in [0.15, 0.2) is 22.7 Å². The molecule has 0 radical (unpaired) electrons. The Kier molecular flexibility index (Phi) is 2.67. The summed E-state index contributed by atoms with van der Waals surface area (Å²) in [7, 11) is 0. The Labute approximate surface area is 86.2 Å². The van der Waals surface area contributed by atoms with Crippen molar-refractivity contribution in [1.82, 2.24) is 0 Å². The number of benzene rings is 1. The van der Waals surface area contributed by atoms with Gasteiger partial charge in [-0.05, 0) is 29.7 Å². The molecule has 1 heterocycles. The Hall–Kier alpha value is -0.380. The van der Waals surface area contributed by atoms with Crippen LogP contribution >= 0.6 is 15.9 Å². The molecule has 1 atom stereocenters. The second kappa shape index (κ2) is 3.78. The van der Waals surface area contributed by atoms with Gasteiger partial charge in [0.2, 0.25) is 0 Å². The molecule has 2 rings (SSSR count). The monoisotopic (exact) mass is 241 g/mol. The van der Waals surface area contributed by atoms with E-state index in [2.05, 4.69) is 28.1 Å². The van der Waals surface area contributed by atoms with Gasteiger partial charge in [-0.15, -0.1) is 0 Å². The van der Waals surface area contributed by atoms with Gasteiger partial charge in [-0.25, -0.2) is 0 Å². The van der Waals surface area contributed by atoms with Crippen molar-refractivity contribution in [2.45, 2.75) is 12.5 Å². The smallest absolute Gasteiger partial charge is 0.0949 e. The van der Waals surface area contributed by atoms with E-state index in [1.54, 1.807) is 0 Å². The zero-order valence-corrected chi connectivity index (χ0v) is 8.88. The first-order valence-corrected chi connectivity index (χ1v) is 5.20. The molecule has 0 fully saturated rings. The van der Waals surface area contributed by atoms with Crippen LogP contribution < -0.4 is 5.73 Å². The van der Waals surface area contributed by atoms with E-state index in [4.69, 9.17) is 10.5 Å². The molecule has 2 N–H and O–H groups in total. The molecule has 1 unspecified atom stereocenters. The van der Waals surface area contributed by atoms with Gasteiger partial charge in [0.25, 0.3) is 0 Å². The predicted octanol–water partition coefficient (Wildman–Crippen LogP) is 2.02. The van der Waals surface area contributed by atoms with Gasteiger partial charge >= 0.3 is 0 Å². The lowest BCUT2D eigenvalue weighted by Crippen LogP contribution is -2.22. The molecule has 0 saturated carbocycles. The minimum atomic E-state index is 0.0943. The largest absolute Gasteiger partial charge is 0.372 e. The Morgan fingerprint density at radius 3 is 3.15 bits per heavy atom. The van der Waals surface area contributed by atoms with E-state index >= 15 is 0 Å². The second-order valence-corrected chi connectivity index (χ2v) is 4.10. The number of ether oxygens (including phenoxy) is 1. The molecule has 2 nitrogen and oxygen atoms in total. The van der Waals surface area contributed by atoms with Crippen molar-refractivity contribution in [2.75, 3.05) is 13.2 Å². The van der Waals surface area contributed by atoms with Gasteiger partial charge < -0.3 is 10.5 Å². The minimum Gasteiger partial charge on any atom is -0.372 e. The Balaban J connectivity index is 2.40. The molecule has 13 heavy (non-hydrogen) atoms. The third-order valence-electron chi connectivity index (χ3n) is 2.36. The van der Waals surface area contributed by atoms with Gasteiger partial charge in [0.15, 0.2) is 0 Å². The van der Waals surface area contributed by atoms with E-state index in [1.165, 1.54) is 11.1 Å². The molecule has 1 aromatic carbocycles. The maximum atomic E-state index is 5.62. The van der Waals surface area contributed by atoms with Crippen molar-refractivity contribution >= 4 is 15.9 Å². The summed E-state index contributed by atoms with van der Waals surface area (Å²) >= 11 is 3.46. The zero-order valence-electron chi connectivity index (χ0n) is 7.29. The van der Waals surface area contributed by atoms with Crippen LogP contribution in [0.3, 0.4) is 0 Å². The van der Waals surface area contributed by atoms with Gasteiger partial charge in [0.1, 0.15) is 0 Å². The van der Waals surface area contributed by atoms with E-state index in [1.807, 2.05) is 6.07 Å². The highest BCUT2D eigenvalue weighted by atomic mass is 79.9. The maximum absolute atomic E-state index is 5.62. The van der Waals surface area contributed by atoms with E-state index in [0.717, 1.165) is 17.5 Å². The highest BCUT2D eigenvalue weighted by Crippen LogP contribution is 2.28. The van der Waals surface area contributed by atoms with Gasteiger partial charge in [0, 0.05) is 11.0 Å². The van der Waals surface area contributed by atoms with Crippen molar-refractivity contribution in [2.24, 2.45) is 5.73 Å². The normalized spacial score (nSPS) is 21.2. The Morgan fingerprint density at radius 2 is 2.38 bits per heavy atom. The van der Waals surface area contributed by atoms with Gasteiger partial charge in [-0.3, -0.25) is 0 Å². The quantitative estimate of drug-likeness (QED) is 0.817. The summed E-state index contributed by atoms with van der Waals surface area (Å²) < 4.78 is 6.68. The van der Waals surface area contributed by atoms with E-state index in [0.29, 0.717) is 6.54 Å². The van der Waals surface area contributed by atoms with Crippen LogP contribution in [0.1, 0.15) is 17.2 Å². The van der Waals surface area contributed by atoms with Crippen LogP contribution in [0.4, 0.5) is 0 Å². The number of halogens is 1. The molecule has 1 aliphatic heterocycles. The molecule has 0 aromatic heterocycles. The molecule has 0 aliphatic carbocycles. The molecule has 0 bridgehead atoms. The van der Waals surface area contributed by atoms with Crippen LogP contribution in [0.2, 0.25) is 0 Å². The molecule has 1 aliphatic rings. The van der Waals surface area contributed by atoms with Gasteiger partial charge in [-0.2, -0.15) is 0 Å². The first-order valence-electron chi connectivity index (χ1n) is 4.41. The van der Waals surface area contributed by atoms with Crippen LogP contribution in [0.5, 0.6) is 0 Å². The van der Waals surface area contributed by atoms with Crippen molar-refractivity contribution < 1.29 is 4.74 Å². The highest BCUT2D eigenvalue weighted by molar-refractivity contribution is 9.10. The fourth-order valence-electron chi connectivity index (χ4n) is 1.70. The van der Waals surface area contributed by atoms with Crippen LogP contribution in [-0.4, -0.2) is 13.2 Å². The van der Waals surface area contributed by atoms with Crippen LogP contribution in [0.25, 0.3) is 0 Å². The van der Waals surface area contributed by atoms with E-state index in [-0.39, 0.29) is 6.10 Å². The minimum absolute atomic E-state index is 0.0943. The third kappa shape index (κ3) is 1.77. The summed E-state index contributed by atoms with van der Waals surface area (Å²) in [5, 5.41) is 0. The number of fused-ring (bicyclic) bond motifs is 1. The second-order valence-electron chi connectivity index (χ2n) is 3.19. The number of hydrogen-bond acceptors (Lipinski definition) is 2. The lowest BCUT2D eigenvalue weighted by Gasteiger charge is -2.24. The maximum Gasteiger partial charge on any atom is 0.0949 e. The molecule has 70 valence electrons. The number of hydrogen-bond donors (Lipinski definition) is 1. The first-order chi connectivity index (χ1) is 6.31.